The second-order valence-corrected chi connectivity index (χ2v) is 4.08. The molecule has 104 valence electrons. The summed E-state index contributed by atoms with van der Waals surface area (Å²) in [5, 5.41) is 28.5. The summed E-state index contributed by atoms with van der Waals surface area (Å²) >= 11 is 0. The van der Waals surface area contributed by atoms with Gasteiger partial charge in [-0.15, -0.1) is 0 Å². The van der Waals surface area contributed by atoms with Crippen molar-refractivity contribution < 1.29 is 39.1 Å². The predicted molar refractivity (Wildman–Crippen MR) is 55.5 cm³/mol. The molecule has 0 aromatic heterocycles. The number of ether oxygens (including phenoxy) is 3. The van der Waals surface area contributed by atoms with Gasteiger partial charge in [0.1, 0.15) is 6.10 Å². The number of hydrogen-bond acceptors (Lipinski definition) is 8. The van der Waals surface area contributed by atoms with Gasteiger partial charge in [-0.05, 0) is 0 Å². The van der Waals surface area contributed by atoms with Crippen LogP contribution in [0, 0.1) is 0 Å². The van der Waals surface area contributed by atoms with Crippen LogP contribution in [0.3, 0.4) is 0 Å². The normalized spacial score (nSPS) is 35.7. The zero-order valence-corrected chi connectivity index (χ0v) is 10.0. The predicted octanol–water partition coefficient (Wildman–Crippen LogP) is -1.44. The van der Waals surface area contributed by atoms with Crippen LogP contribution in [-0.4, -0.2) is 65.6 Å². The maximum Gasteiger partial charge on any atom is 0.509 e. The van der Waals surface area contributed by atoms with Crippen LogP contribution in [0.1, 0.15) is 12.8 Å². The van der Waals surface area contributed by atoms with Gasteiger partial charge in [0.05, 0.1) is 26.4 Å². The van der Waals surface area contributed by atoms with Gasteiger partial charge in [-0.1, -0.05) is 0 Å². The lowest BCUT2D eigenvalue weighted by molar-refractivity contribution is -0.193. The van der Waals surface area contributed by atoms with E-state index in [2.05, 4.69) is 9.47 Å². The van der Waals surface area contributed by atoms with Crippen LogP contribution in [0.25, 0.3) is 0 Å². The van der Waals surface area contributed by atoms with Crippen molar-refractivity contribution in [1.29, 1.82) is 0 Å². The molecule has 0 aromatic rings. The van der Waals surface area contributed by atoms with Crippen LogP contribution in [0.4, 0.5) is 4.79 Å². The SMILES string of the molecule is COC(=O)OC1(C(=O)OC)C[C@@H](O)C(O)[C@H](O)C1. The average molecular weight is 264 g/mol. The second kappa shape index (κ2) is 5.51. The molecule has 18 heavy (non-hydrogen) atoms. The molecule has 0 spiro atoms. The van der Waals surface area contributed by atoms with Crippen molar-refractivity contribution >= 4 is 12.1 Å². The molecule has 0 unspecified atom stereocenters. The monoisotopic (exact) mass is 264 g/mol. The van der Waals surface area contributed by atoms with Gasteiger partial charge in [-0.25, -0.2) is 9.59 Å². The van der Waals surface area contributed by atoms with E-state index in [-0.39, 0.29) is 12.8 Å². The van der Waals surface area contributed by atoms with E-state index in [4.69, 9.17) is 4.74 Å². The van der Waals surface area contributed by atoms with Gasteiger partial charge >= 0.3 is 12.1 Å². The Bertz CT molecular complexity index is 316. The van der Waals surface area contributed by atoms with E-state index in [1.165, 1.54) is 0 Å². The van der Waals surface area contributed by atoms with Crippen LogP contribution in [-0.2, 0) is 19.0 Å². The fraction of sp³-hybridized carbons (Fsp3) is 0.800. The smallest absolute Gasteiger partial charge is 0.466 e. The second-order valence-electron chi connectivity index (χ2n) is 4.08. The maximum atomic E-state index is 11.7. The molecule has 1 aliphatic rings. The molecule has 0 aromatic carbocycles. The molecule has 0 saturated heterocycles. The van der Waals surface area contributed by atoms with Crippen molar-refractivity contribution in [2.24, 2.45) is 0 Å². The van der Waals surface area contributed by atoms with E-state index in [1.807, 2.05) is 0 Å². The Labute approximate surface area is 103 Å². The standard InChI is InChI=1S/C10H16O8/c1-16-8(14)10(18-9(15)17-2)3-5(11)7(13)6(12)4-10/h5-7,11-13H,3-4H2,1-2H3/t5-,6-,7?,10?/m1/s1. The lowest BCUT2D eigenvalue weighted by Crippen LogP contribution is -2.58. The summed E-state index contributed by atoms with van der Waals surface area (Å²) in [5.74, 6) is -0.932. The third-order valence-electron chi connectivity index (χ3n) is 2.87. The minimum atomic E-state index is -1.86. The summed E-state index contributed by atoms with van der Waals surface area (Å²) in [6, 6.07) is 0. The molecule has 0 amide bonds. The highest BCUT2D eigenvalue weighted by atomic mass is 16.7. The Morgan fingerprint density at radius 2 is 1.56 bits per heavy atom. The van der Waals surface area contributed by atoms with Crippen LogP contribution < -0.4 is 0 Å². The molecule has 1 saturated carbocycles. The number of carbonyl (C=O) groups is 2. The third-order valence-corrected chi connectivity index (χ3v) is 2.87. The van der Waals surface area contributed by atoms with Crippen molar-refractivity contribution in [2.45, 2.75) is 36.8 Å². The van der Waals surface area contributed by atoms with Gasteiger partial charge in [0.25, 0.3) is 0 Å². The first-order chi connectivity index (χ1) is 8.36. The highest BCUT2D eigenvalue weighted by Crippen LogP contribution is 2.34. The molecule has 3 N–H and O–H groups in total. The van der Waals surface area contributed by atoms with E-state index < -0.39 is 36.0 Å². The number of esters is 1. The Morgan fingerprint density at radius 1 is 1.06 bits per heavy atom. The molecule has 1 fully saturated rings. The molecule has 1 rings (SSSR count). The highest BCUT2D eigenvalue weighted by molar-refractivity contribution is 5.82. The number of methoxy groups -OCH3 is 2. The zero-order chi connectivity index (χ0) is 13.9. The summed E-state index contributed by atoms with van der Waals surface area (Å²) in [4.78, 5) is 22.8. The summed E-state index contributed by atoms with van der Waals surface area (Å²) in [6.07, 6.45) is -6.16. The van der Waals surface area contributed by atoms with Gasteiger partial charge in [0.15, 0.2) is 0 Å². The molecule has 1 aliphatic carbocycles. The first-order valence-corrected chi connectivity index (χ1v) is 5.26. The number of aliphatic hydroxyl groups is 3. The number of aliphatic hydroxyl groups excluding tert-OH is 3. The first kappa shape index (κ1) is 14.7. The molecule has 8 heteroatoms. The topological polar surface area (TPSA) is 123 Å². The van der Waals surface area contributed by atoms with Gasteiger partial charge in [0.2, 0.25) is 5.60 Å². The largest absolute Gasteiger partial charge is 0.509 e. The number of carbonyl (C=O) groups excluding carboxylic acids is 2. The Morgan fingerprint density at radius 3 is 1.94 bits per heavy atom. The summed E-state index contributed by atoms with van der Waals surface area (Å²) in [6.45, 7) is 0. The Hall–Kier alpha value is -1.38. The summed E-state index contributed by atoms with van der Waals surface area (Å²) in [7, 11) is 2.13. The van der Waals surface area contributed by atoms with Crippen LogP contribution in [0.5, 0.6) is 0 Å². The van der Waals surface area contributed by atoms with E-state index in [1.54, 1.807) is 0 Å². The molecular weight excluding hydrogens is 248 g/mol. The average Bonchev–Trinajstić information content (AvgIpc) is 2.34. The summed E-state index contributed by atoms with van der Waals surface area (Å²) < 4.78 is 13.6. The lowest BCUT2D eigenvalue weighted by atomic mass is 9.79. The quantitative estimate of drug-likeness (QED) is 0.518. The molecule has 0 bridgehead atoms. The van der Waals surface area contributed by atoms with Gasteiger partial charge < -0.3 is 29.5 Å². The van der Waals surface area contributed by atoms with Crippen molar-refractivity contribution in [3.8, 4) is 0 Å². The Balaban J connectivity index is 2.98. The van der Waals surface area contributed by atoms with E-state index in [9.17, 15) is 24.9 Å². The highest BCUT2D eigenvalue weighted by Gasteiger charge is 2.53. The molecule has 0 heterocycles. The lowest BCUT2D eigenvalue weighted by Gasteiger charge is -2.40. The van der Waals surface area contributed by atoms with E-state index >= 15 is 0 Å². The molecule has 0 aliphatic heterocycles. The molecular formula is C10H16O8. The van der Waals surface area contributed by atoms with Crippen molar-refractivity contribution in [3.63, 3.8) is 0 Å². The molecule has 2 atom stereocenters. The zero-order valence-electron chi connectivity index (χ0n) is 10.0. The number of rotatable bonds is 2. The fourth-order valence-electron chi connectivity index (χ4n) is 1.94. The van der Waals surface area contributed by atoms with E-state index in [0.29, 0.717) is 0 Å². The van der Waals surface area contributed by atoms with Crippen molar-refractivity contribution in [3.05, 3.63) is 0 Å². The summed E-state index contributed by atoms with van der Waals surface area (Å²) in [5.41, 5.74) is -1.86. The van der Waals surface area contributed by atoms with Crippen LogP contribution >= 0.6 is 0 Å². The van der Waals surface area contributed by atoms with Gasteiger partial charge in [0, 0.05) is 12.8 Å². The third kappa shape index (κ3) is 2.71. The fourth-order valence-corrected chi connectivity index (χ4v) is 1.94. The number of hydrogen-bond donors (Lipinski definition) is 3. The van der Waals surface area contributed by atoms with Gasteiger partial charge in [-0.3, -0.25) is 0 Å². The Kier molecular flexibility index (Phi) is 4.49. The van der Waals surface area contributed by atoms with Crippen LogP contribution in [0.15, 0.2) is 0 Å². The van der Waals surface area contributed by atoms with Crippen molar-refractivity contribution in [2.75, 3.05) is 14.2 Å². The molecule has 0 radical (unpaired) electrons. The maximum absolute atomic E-state index is 11.7. The van der Waals surface area contributed by atoms with Gasteiger partial charge in [-0.2, -0.15) is 0 Å². The van der Waals surface area contributed by atoms with Crippen molar-refractivity contribution in [1.82, 2.24) is 0 Å². The first-order valence-electron chi connectivity index (χ1n) is 5.26. The van der Waals surface area contributed by atoms with Crippen LogP contribution in [0.2, 0.25) is 0 Å². The minimum Gasteiger partial charge on any atom is -0.466 e. The van der Waals surface area contributed by atoms with E-state index in [0.717, 1.165) is 14.2 Å². The minimum absolute atomic E-state index is 0.382. The molecule has 8 nitrogen and oxygen atoms in total.